The van der Waals surface area contributed by atoms with Gasteiger partial charge in [-0.3, -0.25) is 14.4 Å². The summed E-state index contributed by atoms with van der Waals surface area (Å²) < 4.78 is 0. The fourth-order valence-electron chi connectivity index (χ4n) is 6.73. The van der Waals surface area contributed by atoms with Crippen molar-refractivity contribution in [2.75, 3.05) is 18.8 Å². The number of Topliss-reactive ketones (excluding diaryl/α,β-unsaturated/α-hetero) is 1. The minimum Gasteiger partial charge on any atom is -0.392 e. The number of carbonyl (C=O) groups excluding carboxylic acids is 4. The van der Waals surface area contributed by atoms with Gasteiger partial charge >= 0.3 is 6.03 Å². The molecule has 2 saturated heterocycles. The van der Waals surface area contributed by atoms with Crippen LogP contribution in [0.4, 0.5) is 4.79 Å². The zero-order valence-corrected chi connectivity index (χ0v) is 29.2. The van der Waals surface area contributed by atoms with Gasteiger partial charge in [0.25, 0.3) is 0 Å². The van der Waals surface area contributed by atoms with Gasteiger partial charge in [0.15, 0.2) is 0 Å². The largest absolute Gasteiger partial charge is 0.392 e. The predicted octanol–water partition coefficient (Wildman–Crippen LogP) is 4.69. The number of allylic oxidation sites excluding steroid dienone is 3. The van der Waals surface area contributed by atoms with Gasteiger partial charge in [0.2, 0.25) is 11.8 Å². The van der Waals surface area contributed by atoms with Crippen molar-refractivity contribution in [1.82, 2.24) is 21.3 Å². The Morgan fingerprint density at radius 2 is 1.66 bits per heavy atom. The molecule has 4 amide bonds. The van der Waals surface area contributed by atoms with Crippen LogP contribution in [0.2, 0.25) is 0 Å². The Kier molecular flexibility index (Phi) is 18.5. The van der Waals surface area contributed by atoms with Gasteiger partial charge in [-0.1, -0.05) is 56.9 Å². The Balaban J connectivity index is 1.12. The van der Waals surface area contributed by atoms with E-state index in [0.29, 0.717) is 44.0 Å². The number of unbranched alkanes of at least 4 members (excludes halogenated alkanes) is 7. The number of nitrogens with one attached hydrogen (secondary N) is 4. The van der Waals surface area contributed by atoms with E-state index in [0.717, 1.165) is 82.8 Å². The topological polar surface area (TPSA) is 157 Å². The first-order valence-corrected chi connectivity index (χ1v) is 19.3. The van der Waals surface area contributed by atoms with E-state index >= 15 is 0 Å². The normalized spacial score (nSPS) is 26.1. The molecule has 3 rings (SSSR count). The number of rotatable bonds is 24. The third kappa shape index (κ3) is 14.7. The van der Waals surface area contributed by atoms with E-state index in [9.17, 15) is 29.4 Å². The van der Waals surface area contributed by atoms with Gasteiger partial charge in [-0.15, -0.1) is 0 Å². The van der Waals surface area contributed by atoms with Crippen molar-refractivity contribution in [3.05, 3.63) is 24.3 Å². The molecular weight excluding hydrogens is 616 g/mol. The van der Waals surface area contributed by atoms with Gasteiger partial charge in [0, 0.05) is 55.2 Å². The molecule has 0 radical (unpaired) electrons. The molecule has 7 atom stereocenters. The average molecular weight is 677 g/mol. The Morgan fingerprint density at radius 1 is 0.936 bits per heavy atom. The number of hydrogen-bond acceptors (Lipinski definition) is 7. The van der Waals surface area contributed by atoms with Crippen LogP contribution in [0.3, 0.4) is 0 Å². The van der Waals surface area contributed by atoms with Crippen LogP contribution in [0.5, 0.6) is 0 Å². The van der Waals surface area contributed by atoms with Crippen molar-refractivity contribution in [3.8, 4) is 0 Å². The molecular formula is C36H60N4O6S. The maximum atomic E-state index is 12.4. The highest BCUT2D eigenvalue weighted by Gasteiger charge is 2.42. The third-order valence-electron chi connectivity index (χ3n) is 9.56. The van der Waals surface area contributed by atoms with Crippen molar-refractivity contribution < 1.29 is 29.4 Å². The molecule has 2 heterocycles. The summed E-state index contributed by atoms with van der Waals surface area (Å²) >= 11 is 1.91. The number of ketones is 1. The molecule has 10 nitrogen and oxygen atoms in total. The van der Waals surface area contributed by atoms with Crippen LogP contribution < -0.4 is 21.3 Å². The van der Waals surface area contributed by atoms with Gasteiger partial charge in [0.05, 0.1) is 24.3 Å². The SMILES string of the molecule is CCCCCC(O)C=CC1C(=O)CC(O)C1CC=CCCCCC(=O)NCCCCCNC(=O)CCCCC1SCC2NC(=O)NC21. The summed E-state index contributed by atoms with van der Waals surface area (Å²) in [7, 11) is 0. The molecule has 1 saturated carbocycles. The van der Waals surface area contributed by atoms with E-state index in [4.69, 9.17) is 0 Å². The van der Waals surface area contributed by atoms with Gasteiger partial charge < -0.3 is 31.5 Å². The molecule has 47 heavy (non-hydrogen) atoms. The molecule has 1 aliphatic carbocycles. The van der Waals surface area contributed by atoms with Crippen molar-refractivity contribution in [3.63, 3.8) is 0 Å². The highest BCUT2D eigenvalue weighted by atomic mass is 32.2. The highest BCUT2D eigenvalue weighted by Crippen LogP contribution is 2.34. The quantitative estimate of drug-likeness (QED) is 0.0492. The van der Waals surface area contributed by atoms with Gasteiger partial charge in [-0.25, -0.2) is 4.79 Å². The van der Waals surface area contributed by atoms with Crippen LogP contribution in [0, 0.1) is 11.8 Å². The molecule has 266 valence electrons. The van der Waals surface area contributed by atoms with Crippen molar-refractivity contribution in [1.29, 1.82) is 0 Å². The number of fused-ring (bicyclic) bond motifs is 1. The standard InChI is InChI=1S/C36H60N4O6S/c1-2-3-8-15-26(41)20-21-28-27(30(42)24-31(28)43)16-9-5-4-6-10-18-33(44)37-22-13-7-14-23-38-34(45)19-12-11-17-32-35-29(25-47-32)39-36(46)40-35/h5,9,20-21,26-30,32,35,41-42H,2-4,6-8,10-19,22-25H2,1H3,(H,37,44)(H,38,45)(H2,39,40,46). The molecule has 2 aliphatic heterocycles. The third-order valence-corrected chi connectivity index (χ3v) is 11.1. The first kappa shape index (κ1) is 39.1. The molecule has 3 aliphatic rings. The Bertz CT molecular complexity index is 1040. The van der Waals surface area contributed by atoms with Crippen LogP contribution in [0.25, 0.3) is 0 Å². The molecule has 0 spiro atoms. The monoisotopic (exact) mass is 676 g/mol. The Morgan fingerprint density at radius 3 is 2.38 bits per heavy atom. The zero-order chi connectivity index (χ0) is 33.9. The van der Waals surface area contributed by atoms with Crippen LogP contribution in [-0.2, 0) is 14.4 Å². The summed E-state index contributed by atoms with van der Waals surface area (Å²) in [6.07, 6.45) is 20.3. The fraction of sp³-hybridized carbons (Fsp3) is 0.778. The second-order valence-electron chi connectivity index (χ2n) is 13.5. The smallest absolute Gasteiger partial charge is 0.315 e. The van der Waals surface area contributed by atoms with Crippen molar-refractivity contribution in [2.45, 2.75) is 146 Å². The second kappa shape index (κ2) is 22.3. The zero-order valence-electron chi connectivity index (χ0n) is 28.4. The van der Waals surface area contributed by atoms with E-state index < -0.39 is 12.2 Å². The number of thioether (sulfide) groups is 1. The lowest BCUT2D eigenvalue weighted by molar-refractivity contribution is -0.121. The number of carbonyl (C=O) groups is 4. The minimum atomic E-state index is -0.644. The first-order chi connectivity index (χ1) is 22.8. The molecule has 3 fully saturated rings. The fourth-order valence-corrected chi connectivity index (χ4v) is 8.27. The summed E-state index contributed by atoms with van der Waals surface area (Å²) in [5.74, 6) is 0.675. The summed E-state index contributed by atoms with van der Waals surface area (Å²) in [6, 6.07) is 0.413. The molecule has 0 aromatic carbocycles. The van der Waals surface area contributed by atoms with Crippen LogP contribution in [0.15, 0.2) is 24.3 Å². The first-order valence-electron chi connectivity index (χ1n) is 18.2. The summed E-state index contributed by atoms with van der Waals surface area (Å²) in [5.41, 5.74) is 0. The average Bonchev–Trinajstić information content (AvgIpc) is 3.68. The molecule has 0 aromatic rings. The highest BCUT2D eigenvalue weighted by molar-refractivity contribution is 8.00. The van der Waals surface area contributed by atoms with E-state index in [1.807, 2.05) is 17.8 Å². The van der Waals surface area contributed by atoms with Crippen molar-refractivity contribution >= 4 is 35.4 Å². The van der Waals surface area contributed by atoms with E-state index in [2.05, 4.69) is 34.3 Å². The number of urea groups is 1. The van der Waals surface area contributed by atoms with Crippen LogP contribution >= 0.6 is 11.8 Å². The Hall–Kier alpha value is -2.37. The lowest BCUT2D eigenvalue weighted by Crippen LogP contribution is -2.36. The second-order valence-corrected chi connectivity index (χ2v) is 14.7. The maximum absolute atomic E-state index is 12.4. The number of aliphatic hydroxyl groups excluding tert-OH is 2. The number of hydrogen-bond donors (Lipinski definition) is 6. The van der Waals surface area contributed by atoms with Crippen LogP contribution in [0.1, 0.15) is 116 Å². The molecule has 6 N–H and O–H groups in total. The molecule has 0 aromatic heterocycles. The lowest BCUT2D eigenvalue weighted by atomic mass is 9.90. The van der Waals surface area contributed by atoms with Crippen molar-refractivity contribution in [2.24, 2.45) is 11.8 Å². The summed E-state index contributed by atoms with van der Waals surface area (Å²) in [4.78, 5) is 48.2. The molecule has 7 unspecified atom stereocenters. The van der Waals surface area contributed by atoms with Gasteiger partial charge in [0.1, 0.15) is 5.78 Å². The minimum absolute atomic E-state index is 0.0425. The summed E-state index contributed by atoms with van der Waals surface area (Å²) in [5, 5.41) is 32.9. The van der Waals surface area contributed by atoms with E-state index in [-0.39, 0.29) is 54.0 Å². The lowest BCUT2D eigenvalue weighted by Gasteiger charge is -2.17. The maximum Gasteiger partial charge on any atom is 0.315 e. The van der Waals surface area contributed by atoms with Gasteiger partial charge in [-0.2, -0.15) is 11.8 Å². The van der Waals surface area contributed by atoms with E-state index in [1.54, 1.807) is 12.2 Å². The number of aliphatic hydroxyl groups is 2. The number of amides is 4. The van der Waals surface area contributed by atoms with Gasteiger partial charge in [-0.05, 0) is 64.2 Å². The molecule has 0 bridgehead atoms. The predicted molar refractivity (Wildman–Crippen MR) is 188 cm³/mol. The van der Waals surface area contributed by atoms with Crippen LogP contribution in [-0.4, -0.2) is 82.2 Å². The van der Waals surface area contributed by atoms with E-state index in [1.165, 1.54) is 0 Å². The Labute approximate surface area is 286 Å². The summed E-state index contributed by atoms with van der Waals surface area (Å²) in [6.45, 7) is 3.44. The molecule has 11 heteroatoms.